The minimum Gasteiger partial charge on any atom is -0.485 e. The van der Waals surface area contributed by atoms with Crippen LogP contribution in [0.25, 0.3) is 11.1 Å². The summed E-state index contributed by atoms with van der Waals surface area (Å²) >= 11 is 0. The van der Waals surface area contributed by atoms with Crippen molar-refractivity contribution in [1.29, 1.82) is 0 Å². The quantitative estimate of drug-likeness (QED) is 0.651. The van der Waals surface area contributed by atoms with Crippen molar-refractivity contribution in [3.05, 3.63) is 66.7 Å². The van der Waals surface area contributed by atoms with Gasteiger partial charge in [-0.1, -0.05) is 12.1 Å². The summed E-state index contributed by atoms with van der Waals surface area (Å²) < 4.78 is 14.6. The Kier molecular flexibility index (Phi) is 4.08. The van der Waals surface area contributed by atoms with Crippen molar-refractivity contribution in [2.75, 3.05) is 6.61 Å². The Balaban J connectivity index is 1.54. The first-order chi connectivity index (χ1) is 13.7. The monoisotopic (exact) mass is 372 g/mol. The molecule has 0 saturated carbocycles. The predicted molar refractivity (Wildman–Crippen MR) is 108 cm³/mol. The zero-order valence-corrected chi connectivity index (χ0v) is 16.0. The first-order valence-corrected chi connectivity index (χ1v) is 9.63. The van der Waals surface area contributed by atoms with Gasteiger partial charge in [0, 0.05) is 30.2 Å². The lowest BCUT2D eigenvalue weighted by molar-refractivity contribution is -0.476. The van der Waals surface area contributed by atoms with Crippen LogP contribution in [0.15, 0.2) is 61.1 Å². The van der Waals surface area contributed by atoms with E-state index in [2.05, 4.69) is 29.5 Å². The van der Waals surface area contributed by atoms with Gasteiger partial charge in [-0.2, -0.15) is 4.58 Å². The highest BCUT2D eigenvalue weighted by Crippen LogP contribution is 2.35. The fourth-order valence-corrected chi connectivity index (χ4v) is 4.00. The molecule has 0 amide bonds. The smallest absolute Gasteiger partial charge is 0.228 e. The van der Waals surface area contributed by atoms with Crippen LogP contribution in [-0.2, 0) is 6.42 Å². The van der Waals surface area contributed by atoms with Crippen LogP contribution in [-0.4, -0.2) is 39.0 Å². The van der Waals surface area contributed by atoms with Gasteiger partial charge in [-0.05, 0) is 43.7 Å². The molecular formula is C23H22N3O2+. The number of hydrogen-bond acceptors (Lipinski definition) is 4. The summed E-state index contributed by atoms with van der Waals surface area (Å²) in [7, 11) is 0. The van der Waals surface area contributed by atoms with Crippen molar-refractivity contribution in [2.24, 2.45) is 0 Å². The van der Waals surface area contributed by atoms with E-state index in [4.69, 9.17) is 14.5 Å². The molecule has 0 saturated heterocycles. The zero-order valence-electron chi connectivity index (χ0n) is 16.0. The van der Waals surface area contributed by atoms with E-state index in [1.807, 2.05) is 55.0 Å². The molecule has 5 heteroatoms. The second-order valence-electron chi connectivity index (χ2n) is 7.42. The maximum Gasteiger partial charge on any atom is 0.228 e. The van der Waals surface area contributed by atoms with Gasteiger partial charge in [0.05, 0.1) is 6.42 Å². The SMILES string of the molecule is CC(C)[N+]1=C(C2COc3ccccc3O2)Cc2ncc(-c3ccncc3)cc21. The van der Waals surface area contributed by atoms with Gasteiger partial charge in [0.25, 0.3) is 0 Å². The Labute approximate surface area is 164 Å². The second-order valence-corrected chi connectivity index (χ2v) is 7.42. The van der Waals surface area contributed by atoms with Crippen LogP contribution >= 0.6 is 0 Å². The van der Waals surface area contributed by atoms with E-state index >= 15 is 0 Å². The Morgan fingerprint density at radius 1 is 1.04 bits per heavy atom. The average molecular weight is 372 g/mol. The summed E-state index contributed by atoms with van der Waals surface area (Å²) in [6.07, 6.45) is 6.23. The molecule has 2 aliphatic rings. The minimum absolute atomic E-state index is 0.115. The van der Waals surface area contributed by atoms with Gasteiger partial charge >= 0.3 is 0 Å². The van der Waals surface area contributed by atoms with Crippen molar-refractivity contribution in [3.63, 3.8) is 0 Å². The van der Waals surface area contributed by atoms with Crippen molar-refractivity contribution in [3.8, 4) is 22.6 Å². The summed E-state index contributed by atoms with van der Waals surface area (Å²) in [4.78, 5) is 8.89. The number of pyridine rings is 2. The molecule has 0 radical (unpaired) electrons. The number of hydrogen-bond donors (Lipinski definition) is 0. The Bertz CT molecular complexity index is 1060. The van der Waals surface area contributed by atoms with E-state index < -0.39 is 0 Å². The predicted octanol–water partition coefficient (Wildman–Crippen LogP) is 4.03. The van der Waals surface area contributed by atoms with E-state index in [0.717, 1.165) is 40.4 Å². The van der Waals surface area contributed by atoms with E-state index in [9.17, 15) is 0 Å². The van der Waals surface area contributed by atoms with Crippen molar-refractivity contribution in [1.82, 2.24) is 9.97 Å². The third kappa shape index (κ3) is 2.83. The molecular weight excluding hydrogens is 350 g/mol. The van der Waals surface area contributed by atoms with E-state index in [1.165, 1.54) is 5.71 Å². The summed E-state index contributed by atoms with van der Waals surface area (Å²) in [5.74, 6) is 1.61. The standard InChI is InChI=1S/C23H22N3O2/c1-15(2)26-19-11-17(16-7-9-24-10-8-16)13-25-18(19)12-20(26)23-14-27-21-5-3-4-6-22(21)28-23/h3-11,13,15,23H,12,14H2,1-2H3/q+1. The second kappa shape index (κ2) is 6.75. The van der Waals surface area contributed by atoms with Gasteiger partial charge in [0.15, 0.2) is 17.5 Å². The number of benzene rings is 1. The maximum absolute atomic E-state index is 6.30. The molecule has 5 rings (SSSR count). The van der Waals surface area contributed by atoms with Crippen LogP contribution in [0.1, 0.15) is 19.5 Å². The highest BCUT2D eigenvalue weighted by atomic mass is 16.6. The Hall–Kier alpha value is -3.21. The lowest BCUT2D eigenvalue weighted by atomic mass is 10.1. The number of nitrogens with zero attached hydrogens (tertiary/aromatic N) is 3. The molecule has 2 aliphatic heterocycles. The van der Waals surface area contributed by atoms with Crippen molar-refractivity contribution < 1.29 is 14.0 Å². The Morgan fingerprint density at radius 2 is 1.82 bits per heavy atom. The van der Waals surface area contributed by atoms with E-state index in [0.29, 0.717) is 12.6 Å². The maximum atomic E-state index is 6.30. The van der Waals surface area contributed by atoms with Crippen molar-refractivity contribution >= 4 is 11.4 Å². The fraction of sp³-hybridized carbons (Fsp3) is 0.261. The van der Waals surface area contributed by atoms with Gasteiger partial charge < -0.3 is 9.47 Å². The first kappa shape index (κ1) is 16.9. The minimum atomic E-state index is -0.115. The number of ether oxygens (including phenoxy) is 2. The topological polar surface area (TPSA) is 47.2 Å². The number of rotatable bonds is 3. The van der Waals surface area contributed by atoms with Crippen LogP contribution < -0.4 is 9.47 Å². The molecule has 0 N–H and O–H groups in total. The highest BCUT2D eigenvalue weighted by Gasteiger charge is 2.40. The number of para-hydroxylation sites is 2. The molecule has 28 heavy (non-hydrogen) atoms. The molecule has 0 fully saturated rings. The van der Waals surface area contributed by atoms with Crippen LogP contribution in [0.2, 0.25) is 0 Å². The zero-order chi connectivity index (χ0) is 19.1. The summed E-state index contributed by atoms with van der Waals surface area (Å²) in [6, 6.07) is 14.4. The summed E-state index contributed by atoms with van der Waals surface area (Å²) in [6.45, 7) is 4.92. The molecule has 2 aromatic heterocycles. The van der Waals surface area contributed by atoms with Crippen LogP contribution in [0.4, 0.5) is 5.69 Å². The molecule has 4 heterocycles. The number of aromatic nitrogens is 2. The van der Waals surface area contributed by atoms with Crippen LogP contribution in [0.3, 0.4) is 0 Å². The van der Waals surface area contributed by atoms with Gasteiger partial charge in [0.1, 0.15) is 12.3 Å². The average Bonchev–Trinajstić information content (AvgIpc) is 3.13. The summed E-state index contributed by atoms with van der Waals surface area (Å²) in [5, 5.41) is 0. The van der Waals surface area contributed by atoms with Gasteiger partial charge in [0.2, 0.25) is 17.5 Å². The van der Waals surface area contributed by atoms with E-state index in [-0.39, 0.29) is 6.10 Å². The molecule has 1 aromatic carbocycles. The van der Waals surface area contributed by atoms with Crippen molar-refractivity contribution in [2.45, 2.75) is 32.4 Å². The van der Waals surface area contributed by atoms with Gasteiger partial charge in [-0.15, -0.1) is 0 Å². The molecule has 5 nitrogen and oxygen atoms in total. The highest BCUT2D eigenvalue weighted by molar-refractivity contribution is 5.91. The normalized spacial score (nSPS) is 17.8. The molecule has 3 aromatic rings. The van der Waals surface area contributed by atoms with Gasteiger partial charge in [-0.3, -0.25) is 9.97 Å². The molecule has 140 valence electrons. The number of fused-ring (bicyclic) bond motifs is 2. The fourth-order valence-electron chi connectivity index (χ4n) is 4.00. The lowest BCUT2D eigenvalue weighted by Gasteiger charge is -2.25. The largest absolute Gasteiger partial charge is 0.485 e. The third-order valence-corrected chi connectivity index (χ3v) is 5.28. The molecule has 0 bridgehead atoms. The summed E-state index contributed by atoms with van der Waals surface area (Å²) in [5.41, 5.74) is 5.66. The third-order valence-electron chi connectivity index (χ3n) is 5.28. The van der Waals surface area contributed by atoms with E-state index in [1.54, 1.807) is 0 Å². The van der Waals surface area contributed by atoms with Crippen LogP contribution in [0.5, 0.6) is 11.5 Å². The van der Waals surface area contributed by atoms with Crippen LogP contribution in [0, 0.1) is 0 Å². The first-order valence-electron chi connectivity index (χ1n) is 9.63. The van der Waals surface area contributed by atoms with Gasteiger partial charge in [-0.25, -0.2) is 0 Å². The molecule has 0 aliphatic carbocycles. The lowest BCUT2D eigenvalue weighted by Crippen LogP contribution is -2.41. The molecule has 0 spiro atoms. The Morgan fingerprint density at radius 3 is 2.61 bits per heavy atom. The molecule has 1 unspecified atom stereocenters. The molecule has 1 atom stereocenters.